The van der Waals surface area contributed by atoms with E-state index < -0.39 is 22.1 Å². The normalized spacial score (nSPS) is 15.7. The largest absolute Gasteiger partial charge is 0.471 e. The van der Waals surface area contributed by atoms with Gasteiger partial charge in [-0.2, -0.15) is 22.5 Å². The zero-order valence-electron chi connectivity index (χ0n) is 13.7. The van der Waals surface area contributed by atoms with Crippen LogP contribution in [-0.4, -0.2) is 48.4 Å². The molecule has 0 radical (unpaired) electrons. The first-order valence-electron chi connectivity index (χ1n) is 7.69. The number of hydrogen-bond acceptors (Lipinski definition) is 7. The summed E-state index contributed by atoms with van der Waals surface area (Å²) in [5.74, 6) is -1.70. The molecule has 0 atom stereocenters. The summed E-state index contributed by atoms with van der Waals surface area (Å²) in [6.45, 7) is 0.260. The van der Waals surface area contributed by atoms with Crippen molar-refractivity contribution >= 4 is 21.4 Å². The molecule has 3 rings (SSSR count). The van der Waals surface area contributed by atoms with Crippen LogP contribution in [0.25, 0.3) is 10.7 Å². The van der Waals surface area contributed by atoms with Crippen molar-refractivity contribution in [2.75, 3.05) is 19.5 Å². The van der Waals surface area contributed by atoms with Crippen LogP contribution in [-0.2, 0) is 27.5 Å². The van der Waals surface area contributed by atoms with E-state index in [2.05, 4.69) is 14.7 Å². The average molecular weight is 411 g/mol. The molecule has 1 aliphatic carbocycles. The highest BCUT2D eigenvalue weighted by Gasteiger charge is 2.39. The Balaban J connectivity index is 1.75. The fraction of sp³-hybridized carbons (Fsp3) is 0.571. The molecule has 0 bridgehead atoms. The monoisotopic (exact) mass is 411 g/mol. The lowest BCUT2D eigenvalue weighted by atomic mass is 10.4. The maximum Gasteiger partial charge on any atom is 0.471 e. The van der Waals surface area contributed by atoms with Gasteiger partial charge in [0.25, 0.3) is 0 Å². The molecule has 2 aromatic rings. The van der Waals surface area contributed by atoms with E-state index in [9.17, 15) is 21.6 Å². The Hall–Kier alpha value is -1.50. The first kappa shape index (κ1) is 19.3. The molecule has 1 saturated carbocycles. The molecule has 2 heterocycles. The summed E-state index contributed by atoms with van der Waals surface area (Å²) in [5.41, 5.74) is 0. The molecule has 0 N–H and O–H groups in total. The Labute approximate surface area is 151 Å². The van der Waals surface area contributed by atoms with Gasteiger partial charge in [-0.15, -0.1) is 11.3 Å². The summed E-state index contributed by atoms with van der Waals surface area (Å²) < 4.78 is 73.0. The zero-order chi connectivity index (χ0) is 18.9. The van der Waals surface area contributed by atoms with E-state index in [-0.39, 0.29) is 30.8 Å². The van der Waals surface area contributed by atoms with E-state index in [1.807, 2.05) is 0 Å². The van der Waals surface area contributed by atoms with Crippen LogP contribution in [0.5, 0.6) is 0 Å². The van der Waals surface area contributed by atoms with Crippen LogP contribution in [0.15, 0.2) is 16.7 Å². The average Bonchev–Trinajstić information content (AvgIpc) is 3.08. The van der Waals surface area contributed by atoms with Crippen LogP contribution in [0.4, 0.5) is 13.2 Å². The molecule has 12 heteroatoms. The lowest BCUT2D eigenvalue weighted by molar-refractivity contribution is -0.159. The zero-order valence-corrected chi connectivity index (χ0v) is 15.3. The minimum Gasteiger partial charge on any atom is -0.384 e. The Morgan fingerprint density at radius 1 is 1.38 bits per heavy atom. The van der Waals surface area contributed by atoms with Crippen molar-refractivity contribution in [3.05, 3.63) is 22.9 Å². The van der Waals surface area contributed by atoms with Crippen molar-refractivity contribution in [1.29, 1.82) is 0 Å². The first-order valence-corrected chi connectivity index (χ1v) is 10.1. The van der Waals surface area contributed by atoms with Gasteiger partial charge in [0.2, 0.25) is 15.8 Å². The number of methoxy groups -OCH3 is 1. The molecule has 0 spiro atoms. The predicted octanol–water partition coefficient (Wildman–Crippen LogP) is 2.76. The lowest BCUT2D eigenvalue weighted by Gasteiger charge is -2.21. The van der Waals surface area contributed by atoms with Crippen molar-refractivity contribution in [2.24, 2.45) is 0 Å². The summed E-state index contributed by atoms with van der Waals surface area (Å²) in [6, 6.07) is 3.17. The molecule has 1 fully saturated rings. The van der Waals surface area contributed by atoms with Crippen LogP contribution in [0.1, 0.15) is 23.6 Å². The summed E-state index contributed by atoms with van der Waals surface area (Å²) in [5, 5.41) is 3.34. The van der Waals surface area contributed by atoms with Crippen LogP contribution < -0.4 is 0 Å². The van der Waals surface area contributed by atoms with Gasteiger partial charge in [0.1, 0.15) is 0 Å². The van der Waals surface area contributed by atoms with Gasteiger partial charge in [0, 0.05) is 24.6 Å². The number of aromatic nitrogens is 2. The van der Waals surface area contributed by atoms with E-state index in [0.717, 1.165) is 24.2 Å². The number of sulfonamides is 1. The number of alkyl halides is 3. The van der Waals surface area contributed by atoms with Crippen molar-refractivity contribution in [3.63, 3.8) is 0 Å². The smallest absolute Gasteiger partial charge is 0.384 e. The van der Waals surface area contributed by atoms with Gasteiger partial charge < -0.3 is 9.26 Å². The van der Waals surface area contributed by atoms with Crippen LogP contribution in [0, 0.1) is 0 Å². The second-order valence-electron chi connectivity index (χ2n) is 5.77. The topological polar surface area (TPSA) is 85.5 Å². The fourth-order valence-corrected chi connectivity index (χ4v) is 4.93. The number of hydrogen-bond donors (Lipinski definition) is 0. The van der Waals surface area contributed by atoms with E-state index in [0.29, 0.717) is 9.75 Å². The van der Waals surface area contributed by atoms with Crippen molar-refractivity contribution < 1.29 is 30.8 Å². The van der Waals surface area contributed by atoms with Gasteiger partial charge in [0.15, 0.2) is 0 Å². The van der Waals surface area contributed by atoms with Gasteiger partial charge in [0.05, 0.1) is 17.2 Å². The summed E-state index contributed by atoms with van der Waals surface area (Å²) in [7, 11) is -2.04. The van der Waals surface area contributed by atoms with Crippen molar-refractivity contribution in [3.8, 4) is 10.7 Å². The lowest BCUT2D eigenvalue weighted by Crippen LogP contribution is -2.35. The first-order chi connectivity index (χ1) is 12.2. The van der Waals surface area contributed by atoms with E-state index in [1.165, 1.54) is 11.4 Å². The third-order valence-corrected chi connectivity index (χ3v) is 6.61. The quantitative estimate of drug-likeness (QED) is 0.664. The standard InChI is InChI=1S/C14H16F3N3O4S2/c1-23-6-7-26(21,22)20(9-2-3-9)8-10-4-5-11(25-10)12-18-13(24-19-12)14(15,16)17/h4-5,9H,2-3,6-8H2,1H3. The van der Waals surface area contributed by atoms with Crippen LogP contribution >= 0.6 is 11.3 Å². The predicted molar refractivity (Wildman–Crippen MR) is 86.8 cm³/mol. The highest BCUT2D eigenvalue weighted by Crippen LogP contribution is 2.35. The number of thiophene rings is 1. The van der Waals surface area contributed by atoms with Gasteiger partial charge in [-0.25, -0.2) is 8.42 Å². The van der Waals surface area contributed by atoms with Crippen molar-refractivity contribution in [1.82, 2.24) is 14.4 Å². The van der Waals surface area contributed by atoms with E-state index in [1.54, 1.807) is 12.1 Å². The second kappa shape index (κ2) is 7.25. The van der Waals surface area contributed by atoms with Gasteiger partial charge >= 0.3 is 12.1 Å². The van der Waals surface area contributed by atoms with Crippen LogP contribution in [0.2, 0.25) is 0 Å². The van der Waals surface area contributed by atoms with Gasteiger partial charge in [-0.1, -0.05) is 5.16 Å². The Bertz CT molecular complexity index is 859. The fourth-order valence-electron chi connectivity index (χ4n) is 2.30. The van der Waals surface area contributed by atoms with Crippen molar-refractivity contribution in [2.45, 2.75) is 31.6 Å². The maximum absolute atomic E-state index is 12.5. The second-order valence-corrected chi connectivity index (χ2v) is 8.98. The highest BCUT2D eigenvalue weighted by atomic mass is 32.2. The Morgan fingerprint density at radius 3 is 2.69 bits per heavy atom. The Morgan fingerprint density at radius 2 is 2.12 bits per heavy atom. The van der Waals surface area contributed by atoms with Crippen LogP contribution in [0.3, 0.4) is 0 Å². The number of ether oxygens (including phenoxy) is 1. The molecule has 0 amide bonds. The van der Waals surface area contributed by atoms with E-state index in [4.69, 9.17) is 4.74 Å². The molecular weight excluding hydrogens is 395 g/mol. The molecule has 1 aliphatic rings. The molecule has 0 aliphatic heterocycles. The molecule has 144 valence electrons. The molecule has 2 aromatic heterocycles. The molecule has 26 heavy (non-hydrogen) atoms. The maximum atomic E-state index is 12.5. The summed E-state index contributed by atoms with van der Waals surface area (Å²) in [4.78, 5) is 4.41. The summed E-state index contributed by atoms with van der Waals surface area (Å²) in [6.07, 6.45) is -3.11. The molecule has 0 unspecified atom stereocenters. The molecule has 0 aromatic carbocycles. The van der Waals surface area contributed by atoms with E-state index >= 15 is 0 Å². The SMILES string of the molecule is COCCS(=O)(=O)N(Cc1ccc(-c2noc(C(F)(F)F)n2)s1)C1CC1. The van der Waals surface area contributed by atoms with Gasteiger partial charge in [-0.3, -0.25) is 0 Å². The number of nitrogens with zero attached hydrogens (tertiary/aromatic N) is 3. The molecule has 0 saturated heterocycles. The van der Waals surface area contributed by atoms with Gasteiger partial charge in [-0.05, 0) is 25.0 Å². The number of rotatable bonds is 8. The number of halogens is 3. The molecule has 7 nitrogen and oxygen atoms in total. The highest BCUT2D eigenvalue weighted by molar-refractivity contribution is 7.89. The Kier molecular flexibility index (Phi) is 5.37. The minimum absolute atomic E-state index is 0.0376. The summed E-state index contributed by atoms with van der Waals surface area (Å²) >= 11 is 1.13. The third kappa shape index (κ3) is 4.42. The minimum atomic E-state index is -4.70. The third-order valence-electron chi connectivity index (χ3n) is 3.72. The molecular formula is C14H16F3N3O4S2.